The van der Waals surface area contributed by atoms with Crippen molar-refractivity contribution in [3.05, 3.63) is 17.0 Å². The molecule has 1 heterocycles. The number of ether oxygens (including phenoxy) is 2. The number of aromatic nitrogens is 2. The van der Waals surface area contributed by atoms with Crippen LogP contribution in [0.4, 0.5) is 4.79 Å². The highest BCUT2D eigenvalue weighted by Crippen LogP contribution is 2.08. The molecule has 1 aromatic rings. The third-order valence-electron chi connectivity index (χ3n) is 1.62. The largest absolute Gasteiger partial charge is 0.475 e. The first-order valence-electron chi connectivity index (χ1n) is 5.44. The summed E-state index contributed by atoms with van der Waals surface area (Å²) < 4.78 is 11.0. The summed E-state index contributed by atoms with van der Waals surface area (Å²) in [5.41, 5.74) is -0.498. The molecule has 7 heteroatoms. The topological polar surface area (TPSA) is 73.3 Å². The zero-order valence-electron chi connectivity index (χ0n) is 10.6. The molecule has 0 aliphatic heterocycles. The van der Waals surface area contributed by atoms with E-state index in [0.717, 1.165) is 0 Å². The Morgan fingerprint density at radius 3 is 2.67 bits per heavy atom. The third kappa shape index (κ3) is 6.39. The molecule has 0 aliphatic carbocycles. The summed E-state index contributed by atoms with van der Waals surface area (Å²) in [7, 11) is 0. The van der Waals surface area contributed by atoms with E-state index in [1.165, 1.54) is 12.4 Å². The average Bonchev–Trinajstić information content (AvgIpc) is 2.24. The van der Waals surface area contributed by atoms with Gasteiger partial charge in [0.25, 0.3) is 0 Å². The fraction of sp³-hybridized carbons (Fsp3) is 0.545. The van der Waals surface area contributed by atoms with Gasteiger partial charge in [-0.25, -0.2) is 14.8 Å². The predicted octanol–water partition coefficient (Wildman–Crippen LogP) is 2.14. The monoisotopic (exact) mass is 317 g/mol. The van der Waals surface area contributed by atoms with Crippen molar-refractivity contribution >= 4 is 22.0 Å². The minimum atomic E-state index is -0.498. The number of rotatable bonds is 4. The maximum atomic E-state index is 11.3. The second-order valence-corrected chi connectivity index (χ2v) is 5.27. The standard InChI is InChI=1S/C11H16BrN3O3/c1-11(2,3)18-10(16)13-4-5-17-9-7-14-8(12)6-15-9/h6-7H,4-5H2,1-3H3,(H,13,16). The minimum Gasteiger partial charge on any atom is -0.475 e. The Morgan fingerprint density at radius 1 is 1.39 bits per heavy atom. The summed E-state index contributed by atoms with van der Waals surface area (Å²) in [4.78, 5) is 19.2. The van der Waals surface area contributed by atoms with Gasteiger partial charge in [-0.1, -0.05) is 0 Å². The number of halogens is 1. The van der Waals surface area contributed by atoms with Crippen molar-refractivity contribution < 1.29 is 14.3 Å². The van der Waals surface area contributed by atoms with Gasteiger partial charge >= 0.3 is 6.09 Å². The maximum Gasteiger partial charge on any atom is 0.407 e. The van der Waals surface area contributed by atoms with Gasteiger partial charge in [0.15, 0.2) is 0 Å². The first kappa shape index (κ1) is 14.7. The van der Waals surface area contributed by atoms with Crippen molar-refractivity contribution in [3.8, 4) is 5.88 Å². The predicted molar refractivity (Wildman–Crippen MR) is 69.5 cm³/mol. The van der Waals surface area contributed by atoms with E-state index in [1.54, 1.807) is 20.8 Å². The van der Waals surface area contributed by atoms with E-state index in [9.17, 15) is 4.79 Å². The molecule has 1 N–H and O–H groups in total. The van der Waals surface area contributed by atoms with Crippen molar-refractivity contribution in [2.45, 2.75) is 26.4 Å². The van der Waals surface area contributed by atoms with Gasteiger partial charge in [-0.15, -0.1) is 0 Å². The molecule has 1 aromatic heterocycles. The van der Waals surface area contributed by atoms with Gasteiger partial charge in [-0.3, -0.25) is 0 Å². The normalized spacial score (nSPS) is 10.9. The van der Waals surface area contributed by atoms with E-state index in [0.29, 0.717) is 23.6 Å². The Balaban J connectivity index is 2.19. The fourth-order valence-corrected chi connectivity index (χ4v) is 1.20. The highest BCUT2D eigenvalue weighted by molar-refractivity contribution is 9.10. The van der Waals surface area contributed by atoms with Crippen LogP contribution in [0, 0.1) is 0 Å². The molecule has 100 valence electrons. The Hall–Kier alpha value is -1.37. The Bertz CT molecular complexity index is 390. The van der Waals surface area contributed by atoms with Crippen molar-refractivity contribution in [1.29, 1.82) is 0 Å². The SMILES string of the molecule is CC(C)(C)OC(=O)NCCOc1cnc(Br)cn1. The van der Waals surface area contributed by atoms with Crippen LogP contribution in [0.2, 0.25) is 0 Å². The lowest BCUT2D eigenvalue weighted by Crippen LogP contribution is -2.34. The van der Waals surface area contributed by atoms with Crippen LogP contribution < -0.4 is 10.1 Å². The minimum absolute atomic E-state index is 0.301. The molecule has 0 saturated heterocycles. The number of carbonyl (C=O) groups excluding carboxylic acids is 1. The zero-order chi connectivity index (χ0) is 13.6. The molecule has 6 nitrogen and oxygen atoms in total. The van der Waals surface area contributed by atoms with Crippen LogP contribution in [0.5, 0.6) is 5.88 Å². The lowest BCUT2D eigenvalue weighted by Gasteiger charge is -2.19. The van der Waals surface area contributed by atoms with Crippen LogP contribution in [-0.2, 0) is 4.74 Å². The van der Waals surface area contributed by atoms with Crippen LogP contribution in [0.3, 0.4) is 0 Å². The van der Waals surface area contributed by atoms with E-state index < -0.39 is 11.7 Å². The van der Waals surface area contributed by atoms with Crippen LogP contribution in [-0.4, -0.2) is 34.8 Å². The molecule has 1 rings (SSSR count). The summed E-state index contributed by atoms with van der Waals surface area (Å²) in [5.74, 6) is 0.407. The van der Waals surface area contributed by atoms with Crippen molar-refractivity contribution in [2.75, 3.05) is 13.2 Å². The number of carbonyl (C=O) groups is 1. The molecule has 0 fully saturated rings. The molecular weight excluding hydrogens is 302 g/mol. The van der Waals surface area contributed by atoms with Crippen LogP contribution >= 0.6 is 15.9 Å². The molecule has 0 aromatic carbocycles. The van der Waals surface area contributed by atoms with E-state index in [1.807, 2.05) is 0 Å². The van der Waals surface area contributed by atoms with Gasteiger partial charge < -0.3 is 14.8 Å². The van der Waals surface area contributed by atoms with Gasteiger partial charge in [0.1, 0.15) is 16.8 Å². The zero-order valence-corrected chi connectivity index (χ0v) is 12.2. The van der Waals surface area contributed by atoms with Gasteiger partial charge in [0.2, 0.25) is 5.88 Å². The Kier molecular flexibility index (Phi) is 5.33. The smallest absolute Gasteiger partial charge is 0.407 e. The number of nitrogens with one attached hydrogen (secondary N) is 1. The number of nitrogens with zero attached hydrogens (tertiary/aromatic N) is 2. The quantitative estimate of drug-likeness (QED) is 0.861. The van der Waals surface area contributed by atoms with E-state index >= 15 is 0 Å². The highest BCUT2D eigenvalue weighted by Gasteiger charge is 2.15. The second-order valence-electron chi connectivity index (χ2n) is 4.45. The highest BCUT2D eigenvalue weighted by atomic mass is 79.9. The first-order chi connectivity index (χ1) is 8.37. The van der Waals surface area contributed by atoms with Gasteiger partial charge in [-0.05, 0) is 36.7 Å². The molecule has 0 radical (unpaired) electrons. The molecule has 0 bridgehead atoms. The Morgan fingerprint density at radius 2 is 2.11 bits per heavy atom. The molecule has 0 saturated carbocycles. The number of hydrogen-bond acceptors (Lipinski definition) is 5. The lowest BCUT2D eigenvalue weighted by molar-refractivity contribution is 0.0520. The first-order valence-corrected chi connectivity index (χ1v) is 6.23. The van der Waals surface area contributed by atoms with Crippen molar-refractivity contribution in [2.24, 2.45) is 0 Å². The summed E-state index contributed by atoms with van der Waals surface area (Å²) >= 11 is 3.17. The van der Waals surface area contributed by atoms with Gasteiger partial charge in [-0.2, -0.15) is 0 Å². The molecule has 18 heavy (non-hydrogen) atoms. The molecule has 0 spiro atoms. The summed E-state index contributed by atoms with van der Waals surface area (Å²) in [6, 6.07) is 0. The molecule has 1 amide bonds. The molecule has 0 atom stereocenters. The van der Waals surface area contributed by atoms with Crippen molar-refractivity contribution in [3.63, 3.8) is 0 Å². The average molecular weight is 318 g/mol. The van der Waals surface area contributed by atoms with Crippen LogP contribution in [0.25, 0.3) is 0 Å². The van der Waals surface area contributed by atoms with Crippen LogP contribution in [0.15, 0.2) is 17.0 Å². The van der Waals surface area contributed by atoms with E-state index in [2.05, 4.69) is 31.2 Å². The third-order valence-corrected chi connectivity index (χ3v) is 2.03. The van der Waals surface area contributed by atoms with Crippen molar-refractivity contribution in [1.82, 2.24) is 15.3 Å². The Labute approximate surface area is 114 Å². The fourth-order valence-electron chi connectivity index (χ4n) is 0.998. The van der Waals surface area contributed by atoms with Gasteiger partial charge in [0.05, 0.1) is 18.9 Å². The summed E-state index contributed by atoms with van der Waals surface area (Å²) in [6.07, 6.45) is 2.57. The second kappa shape index (κ2) is 6.53. The number of hydrogen-bond donors (Lipinski definition) is 1. The molecular formula is C11H16BrN3O3. The summed E-state index contributed by atoms with van der Waals surface area (Å²) in [5, 5.41) is 2.58. The van der Waals surface area contributed by atoms with E-state index in [4.69, 9.17) is 9.47 Å². The van der Waals surface area contributed by atoms with Gasteiger partial charge in [0, 0.05) is 0 Å². The lowest BCUT2D eigenvalue weighted by atomic mass is 10.2. The molecule has 0 aliphatic rings. The van der Waals surface area contributed by atoms with Crippen LogP contribution in [0.1, 0.15) is 20.8 Å². The number of alkyl carbamates (subject to hydrolysis) is 1. The maximum absolute atomic E-state index is 11.3. The number of amides is 1. The van der Waals surface area contributed by atoms with E-state index in [-0.39, 0.29) is 0 Å². The summed E-state index contributed by atoms with van der Waals surface area (Å²) in [6.45, 7) is 6.06. The molecule has 0 unspecified atom stereocenters.